The predicted molar refractivity (Wildman–Crippen MR) is 128 cm³/mol. The van der Waals surface area contributed by atoms with Crippen molar-refractivity contribution in [1.29, 1.82) is 0 Å². The molecular weight excluding hydrogens is 418 g/mol. The summed E-state index contributed by atoms with van der Waals surface area (Å²) in [5, 5.41) is 0.956. The molecule has 1 unspecified atom stereocenters. The number of carbonyl (C=O) groups is 2. The van der Waals surface area contributed by atoms with E-state index < -0.39 is 0 Å². The number of methoxy groups -OCH3 is 1. The highest BCUT2D eigenvalue weighted by Gasteiger charge is 2.29. The topological polar surface area (TPSA) is 69.0 Å². The molecule has 3 aromatic rings. The quantitative estimate of drug-likeness (QED) is 0.378. The van der Waals surface area contributed by atoms with Gasteiger partial charge in [0.2, 0.25) is 5.91 Å². The van der Waals surface area contributed by atoms with Crippen LogP contribution in [0.5, 0.6) is 5.75 Å². The van der Waals surface area contributed by atoms with E-state index in [1.807, 2.05) is 49.4 Å². The van der Waals surface area contributed by atoms with E-state index in [-0.39, 0.29) is 17.8 Å². The number of likely N-dealkylation sites (tertiary alicyclic amines) is 1. The number of ether oxygens (including phenoxy) is 2. The van der Waals surface area contributed by atoms with E-state index in [1.165, 1.54) is 0 Å². The molecule has 2 aromatic carbocycles. The van der Waals surface area contributed by atoms with Crippen LogP contribution in [0, 0.1) is 5.92 Å². The number of fused-ring (bicyclic) bond motifs is 1. The Hall–Kier alpha value is -3.54. The first-order valence-corrected chi connectivity index (χ1v) is 11.3. The fraction of sp³-hybridized carbons (Fsp3) is 0.333. The van der Waals surface area contributed by atoms with Crippen molar-refractivity contribution in [3.8, 4) is 16.9 Å². The van der Waals surface area contributed by atoms with Crippen LogP contribution in [-0.2, 0) is 14.3 Å². The predicted octanol–water partition coefficient (Wildman–Crippen LogP) is 5.31. The number of esters is 1. The number of furan rings is 1. The molecule has 0 spiro atoms. The maximum absolute atomic E-state index is 13.0. The summed E-state index contributed by atoms with van der Waals surface area (Å²) in [6, 6.07) is 13.9. The number of hydrogen-bond donors (Lipinski definition) is 0. The molecule has 1 atom stereocenters. The summed E-state index contributed by atoms with van der Waals surface area (Å²) in [4.78, 5) is 26.9. The molecule has 0 bridgehead atoms. The largest absolute Gasteiger partial charge is 0.496 e. The molecule has 4 rings (SSSR count). The summed E-state index contributed by atoms with van der Waals surface area (Å²) in [6.07, 6.45) is 4.90. The standard InChI is InChI=1S/C27H29NO5/c1-4-32-27(30)20-11-8-12-28(16-20)26(29)13-18(2)21-14-22-23(19-9-6-5-7-10-19)17-33-25(22)15-24(21)31-3/h5-7,9-10,13-15,17,20H,4,8,11-12,16H2,1-3H3/b18-13+. The van der Waals surface area contributed by atoms with Crippen molar-refractivity contribution in [2.75, 3.05) is 26.8 Å². The zero-order valence-electron chi connectivity index (χ0n) is 19.3. The van der Waals surface area contributed by atoms with Crippen molar-refractivity contribution in [2.24, 2.45) is 5.92 Å². The second-order valence-corrected chi connectivity index (χ2v) is 8.27. The van der Waals surface area contributed by atoms with Crippen LogP contribution in [0.25, 0.3) is 27.7 Å². The summed E-state index contributed by atoms with van der Waals surface area (Å²) < 4.78 is 16.6. The second kappa shape index (κ2) is 9.94. The van der Waals surface area contributed by atoms with E-state index >= 15 is 0 Å². The average Bonchev–Trinajstić information content (AvgIpc) is 3.26. The first-order chi connectivity index (χ1) is 16.0. The van der Waals surface area contributed by atoms with Gasteiger partial charge in [-0.05, 0) is 43.9 Å². The van der Waals surface area contributed by atoms with E-state index in [4.69, 9.17) is 13.9 Å². The van der Waals surface area contributed by atoms with E-state index in [9.17, 15) is 9.59 Å². The van der Waals surface area contributed by atoms with Crippen molar-refractivity contribution >= 4 is 28.4 Å². The van der Waals surface area contributed by atoms with E-state index in [2.05, 4.69) is 0 Å². The van der Waals surface area contributed by atoms with Crippen LogP contribution in [0.1, 0.15) is 32.3 Å². The lowest BCUT2D eigenvalue weighted by molar-refractivity contribution is -0.150. The van der Waals surface area contributed by atoms with Gasteiger partial charge in [0.25, 0.3) is 0 Å². The lowest BCUT2D eigenvalue weighted by Crippen LogP contribution is -2.42. The van der Waals surface area contributed by atoms with Crippen molar-refractivity contribution in [3.63, 3.8) is 0 Å². The zero-order valence-corrected chi connectivity index (χ0v) is 19.3. The van der Waals surface area contributed by atoms with Crippen molar-refractivity contribution in [2.45, 2.75) is 26.7 Å². The van der Waals surface area contributed by atoms with Crippen LogP contribution < -0.4 is 4.74 Å². The van der Waals surface area contributed by atoms with Crippen LogP contribution >= 0.6 is 0 Å². The maximum atomic E-state index is 13.0. The van der Waals surface area contributed by atoms with Gasteiger partial charge in [0, 0.05) is 41.7 Å². The number of carbonyl (C=O) groups excluding carboxylic acids is 2. The van der Waals surface area contributed by atoms with Gasteiger partial charge in [0.05, 0.1) is 25.9 Å². The molecule has 1 aromatic heterocycles. The van der Waals surface area contributed by atoms with Gasteiger partial charge in [-0.15, -0.1) is 0 Å². The molecular formula is C27H29NO5. The SMILES string of the molecule is CCOC(=O)C1CCCN(C(=O)/C=C(\C)c2cc3c(-c4ccccc4)coc3cc2OC)C1. The molecule has 0 saturated carbocycles. The molecule has 1 saturated heterocycles. The first-order valence-electron chi connectivity index (χ1n) is 11.3. The molecule has 1 amide bonds. The minimum absolute atomic E-state index is 0.112. The Balaban J connectivity index is 1.63. The summed E-state index contributed by atoms with van der Waals surface area (Å²) >= 11 is 0. The van der Waals surface area contributed by atoms with Gasteiger partial charge in [-0.1, -0.05) is 30.3 Å². The third kappa shape index (κ3) is 4.80. The van der Waals surface area contributed by atoms with Crippen LogP contribution in [0.15, 0.2) is 59.2 Å². The molecule has 1 aliphatic heterocycles. The van der Waals surface area contributed by atoms with Gasteiger partial charge in [-0.3, -0.25) is 9.59 Å². The number of allylic oxidation sites excluding steroid dienone is 1. The van der Waals surface area contributed by atoms with Crippen LogP contribution in [-0.4, -0.2) is 43.6 Å². The van der Waals surface area contributed by atoms with Gasteiger partial charge in [0.1, 0.15) is 11.3 Å². The Labute approximate surface area is 193 Å². The number of rotatable bonds is 6. The fourth-order valence-electron chi connectivity index (χ4n) is 4.36. The third-order valence-corrected chi connectivity index (χ3v) is 6.10. The highest BCUT2D eigenvalue weighted by molar-refractivity contribution is 6.00. The Morgan fingerprint density at radius 3 is 2.73 bits per heavy atom. The maximum Gasteiger partial charge on any atom is 0.310 e. The number of benzene rings is 2. The van der Waals surface area contributed by atoms with E-state index in [0.29, 0.717) is 25.4 Å². The minimum atomic E-state index is -0.262. The van der Waals surface area contributed by atoms with Gasteiger partial charge >= 0.3 is 5.97 Å². The third-order valence-electron chi connectivity index (χ3n) is 6.10. The molecule has 0 radical (unpaired) electrons. The summed E-state index contributed by atoms with van der Waals surface area (Å²) in [5.41, 5.74) is 4.39. The van der Waals surface area contributed by atoms with Gasteiger partial charge in [0.15, 0.2) is 0 Å². The molecule has 6 nitrogen and oxygen atoms in total. The Morgan fingerprint density at radius 2 is 2.00 bits per heavy atom. The number of amides is 1. The monoisotopic (exact) mass is 447 g/mol. The Kier molecular flexibility index (Phi) is 6.82. The summed E-state index contributed by atoms with van der Waals surface area (Å²) in [5.74, 6) is 0.0398. The van der Waals surface area contributed by atoms with Gasteiger partial charge in [-0.25, -0.2) is 0 Å². The minimum Gasteiger partial charge on any atom is -0.496 e. The smallest absolute Gasteiger partial charge is 0.310 e. The molecule has 1 aliphatic rings. The van der Waals surface area contributed by atoms with Crippen molar-refractivity contribution in [3.05, 3.63) is 60.4 Å². The fourth-order valence-corrected chi connectivity index (χ4v) is 4.36. The first kappa shape index (κ1) is 22.6. The molecule has 33 heavy (non-hydrogen) atoms. The molecule has 0 N–H and O–H groups in total. The highest BCUT2D eigenvalue weighted by atomic mass is 16.5. The van der Waals surface area contributed by atoms with E-state index in [0.717, 1.165) is 46.1 Å². The normalized spacial score (nSPS) is 16.6. The van der Waals surface area contributed by atoms with Gasteiger partial charge in [-0.2, -0.15) is 0 Å². The Morgan fingerprint density at radius 1 is 1.21 bits per heavy atom. The molecule has 6 heteroatoms. The number of hydrogen-bond acceptors (Lipinski definition) is 5. The van der Waals surface area contributed by atoms with Crippen molar-refractivity contribution in [1.82, 2.24) is 4.90 Å². The zero-order chi connectivity index (χ0) is 23.4. The molecule has 2 heterocycles. The van der Waals surface area contributed by atoms with Crippen molar-refractivity contribution < 1.29 is 23.5 Å². The number of piperidine rings is 1. The number of nitrogens with zero attached hydrogens (tertiary/aromatic N) is 1. The lowest BCUT2D eigenvalue weighted by atomic mass is 9.97. The summed E-state index contributed by atoms with van der Waals surface area (Å²) in [6.45, 7) is 5.06. The summed E-state index contributed by atoms with van der Waals surface area (Å²) in [7, 11) is 1.61. The highest BCUT2D eigenvalue weighted by Crippen LogP contribution is 2.37. The van der Waals surface area contributed by atoms with E-state index in [1.54, 1.807) is 31.3 Å². The van der Waals surface area contributed by atoms with Crippen LogP contribution in [0.2, 0.25) is 0 Å². The second-order valence-electron chi connectivity index (χ2n) is 8.27. The molecule has 172 valence electrons. The molecule has 0 aliphatic carbocycles. The lowest BCUT2D eigenvalue weighted by Gasteiger charge is -2.31. The molecule has 1 fully saturated rings. The average molecular weight is 448 g/mol. The van der Waals surface area contributed by atoms with Gasteiger partial charge < -0.3 is 18.8 Å². The Bertz CT molecular complexity index is 1180. The van der Waals surface area contributed by atoms with Crippen LogP contribution in [0.3, 0.4) is 0 Å². The van der Waals surface area contributed by atoms with Crippen LogP contribution in [0.4, 0.5) is 0 Å².